The van der Waals surface area contributed by atoms with Crippen LogP contribution >= 0.6 is 11.6 Å². The Morgan fingerprint density at radius 3 is 2.56 bits per heavy atom. The largest absolute Gasteiger partial charge is 0.310 e. The highest BCUT2D eigenvalue weighted by Gasteiger charge is 2.14. The van der Waals surface area contributed by atoms with E-state index in [2.05, 4.69) is 5.32 Å². The molecule has 1 N–H and O–H groups in total. The third kappa shape index (κ3) is 5.38. The quantitative estimate of drug-likeness (QED) is 0.839. The Hall–Kier alpha value is -0.580. The summed E-state index contributed by atoms with van der Waals surface area (Å²) in [5.74, 6) is 0.222. The summed E-state index contributed by atoms with van der Waals surface area (Å²) in [6.07, 6.45) is 2.68. The molecule has 0 fully saturated rings. The molecule has 1 atom stereocenters. The molecule has 0 radical (unpaired) electrons. The molecule has 1 aromatic rings. The van der Waals surface area contributed by atoms with Gasteiger partial charge in [-0.3, -0.25) is 0 Å². The van der Waals surface area contributed by atoms with Crippen molar-refractivity contribution in [1.82, 2.24) is 5.32 Å². The van der Waals surface area contributed by atoms with Crippen molar-refractivity contribution in [2.24, 2.45) is 0 Å². The highest BCUT2D eigenvalue weighted by Crippen LogP contribution is 2.26. The lowest BCUT2D eigenvalue weighted by molar-refractivity contribution is 0.507. The van der Waals surface area contributed by atoms with Gasteiger partial charge in [0.05, 0.1) is 0 Å². The Morgan fingerprint density at radius 1 is 1.33 bits per heavy atom. The highest BCUT2D eigenvalue weighted by molar-refractivity contribution is 7.90. The number of rotatable bonds is 7. The summed E-state index contributed by atoms with van der Waals surface area (Å²) in [5.41, 5.74) is 1.04. The molecule has 18 heavy (non-hydrogen) atoms. The molecule has 0 heterocycles. The van der Waals surface area contributed by atoms with E-state index >= 15 is 0 Å². The van der Waals surface area contributed by atoms with E-state index in [1.807, 2.05) is 31.2 Å². The lowest BCUT2D eigenvalue weighted by Gasteiger charge is -2.19. The molecule has 102 valence electrons. The maximum atomic E-state index is 11.1. The van der Waals surface area contributed by atoms with E-state index in [1.54, 1.807) is 0 Å². The Balaban J connectivity index is 2.69. The monoisotopic (exact) mass is 289 g/mol. The van der Waals surface area contributed by atoms with E-state index in [0.29, 0.717) is 6.42 Å². The molecule has 1 rings (SSSR count). The molecule has 0 bridgehead atoms. The molecule has 0 aliphatic heterocycles. The zero-order chi connectivity index (χ0) is 13.6. The van der Waals surface area contributed by atoms with Crippen LogP contribution < -0.4 is 5.32 Å². The van der Waals surface area contributed by atoms with Crippen LogP contribution in [0.3, 0.4) is 0 Å². The summed E-state index contributed by atoms with van der Waals surface area (Å²) in [7, 11) is -2.89. The molecule has 0 saturated carbocycles. The first-order valence-corrected chi connectivity index (χ1v) is 8.53. The summed E-state index contributed by atoms with van der Waals surface area (Å²) >= 11 is 6.17. The molecule has 0 aromatic heterocycles. The standard InChI is InChI=1S/C13H20ClNO2S/c1-3-15-13(9-6-10-18(2,16)17)11-7-4-5-8-12(11)14/h4-5,7-8,13,15H,3,6,9-10H2,1-2H3. The zero-order valence-electron chi connectivity index (χ0n) is 10.8. The van der Waals surface area contributed by atoms with Crippen molar-refractivity contribution in [2.45, 2.75) is 25.8 Å². The predicted molar refractivity (Wildman–Crippen MR) is 76.8 cm³/mol. The molecule has 0 saturated heterocycles. The summed E-state index contributed by atoms with van der Waals surface area (Å²) in [4.78, 5) is 0. The van der Waals surface area contributed by atoms with Crippen LogP contribution in [0.4, 0.5) is 0 Å². The van der Waals surface area contributed by atoms with Crippen molar-refractivity contribution in [3.05, 3.63) is 34.9 Å². The van der Waals surface area contributed by atoms with Crippen molar-refractivity contribution in [2.75, 3.05) is 18.6 Å². The van der Waals surface area contributed by atoms with E-state index in [1.165, 1.54) is 6.26 Å². The second-order valence-electron chi connectivity index (χ2n) is 4.40. The fourth-order valence-electron chi connectivity index (χ4n) is 1.92. The van der Waals surface area contributed by atoms with Gasteiger partial charge in [0.1, 0.15) is 9.84 Å². The molecule has 0 amide bonds. The van der Waals surface area contributed by atoms with Gasteiger partial charge in [0.2, 0.25) is 0 Å². The smallest absolute Gasteiger partial charge is 0.147 e. The number of sulfone groups is 1. The van der Waals surface area contributed by atoms with Crippen LogP contribution in [-0.4, -0.2) is 27.0 Å². The molecule has 0 spiro atoms. The van der Waals surface area contributed by atoms with Gasteiger partial charge in [-0.25, -0.2) is 8.42 Å². The number of halogens is 1. The first-order valence-electron chi connectivity index (χ1n) is 6.09. The van der Waals surface area contributed by atoms with E-state index in [9.17, 15) is 8.42 Å². The summed E-state index contributed by atoms with van der Waals surface area (Å²) in [6, 6.07) is 7.80. The number of hydrogen-bond acceptors (Lipinski definition) is 3. The van der Waals surface area contributed by atoms with Crippen molar-refractivity contribution in [1.29, 1.82) is 0 Å². The molecule has 3 nitrogen and oxygen atoms in total. The van der Waals surface area contributed by atoms with Crippen LogP contribution in [0.1, 0.15) is 31.4 Å². The molecule has 0 aliphatic rings. The fraction of sp³-hybridized carbons (Fsp3) is 0.538. The van der Waals surface area contributed by atoms with Gasteiger partial charge in [0.25, 0.3) is 0 Å². The van der Waals surface area contributed by atoms with E-state index in [4.69, 9.17) is 11.6 Å². The summed E-state index contributed by atoms with van der Waals surface area (Å²) < 4.78 is 22.3. The van der Waals surface area contributed by atoms with Gasteiger partial charge in [-0.1, -0.05) is 36.7 Å². The fourth-order valence-corrected chi connectivity index (χ4v) is 2.88. The third-order valence-corrected chi connectivity index (χ3v) is 4.11. The first kappa shape index (κ1) is 15.5. The van der Waals surface area contributed by atoms with Crippen LogP contribution in [0.5, 0.6) is 0 Å². The highest BCUT2D eigenvalue weighted by atomic mass is 35.5. The van der Waals surface area contributed by atoms with Gasteiger partial charge in [-0.15, -0.1) is 0 Å². The minimum Gasteiger partial charge on any atom is -0.310 e. The predicted octanol–water partition coefficient (Wildman–Crippen LogP) is 2.82. The Labute approximate surface area is 114 Å². The Kier molecular flexibility index (Phi) is 6.12. The van der Waals surface area contributed by atoms with Crippen molar-refractivity contribution in [3.8, 4) is 0 Å². The normalized spacial score (nSPS) is 13.5. The van der Waals surface area contributed by atoms with Crippen LogP contribution in [0.25, 0.3) is 0 Å². The second-order valence-corrected chi connectivity index (χ2v) is 7.07. The molecule has 0 aliphatic carbocycles. The summed E-state index contributed by atoms with van der Waals surface area (Å²) in [5, 5.41) is 4.07. The second kappa shape index (κ2) is 7.12. The summed E-state index contributed by atoms with van der Waals surface area (Å²) in [6.45, 7) is 2.86. The van der Waals surface area contributed by atoms with Gasteiger partial charge < -0.3 is 5.32 Å². The van der Waals surface area contributed by atoms with Crippen LogP contribution in [0.2, 0.25) is 5.02 Å². The van der Waals surface area contributed by atoms with Crippen LogP contribution in [0.15, 0.2) is 24.3 Å². The molecule has 1 unspecified atom stereocenters. The van der Waals surface area contributed by atoms with Crippen molar-refractivity contribution >= 4 is 21.4 Å². The van der Waals surface area contributed by atoms with Crippen LogP contribution in [-0.2, 0) is 9.84 Å². The van der Waals surface area contributed by atoms with Crippen molar-refractivity contribution < 1.29 is 8.42 Å². The first-order chi connectivity index (χ1) is 8.44. The van der Waals surface area contributed by atoms with Crippen LogP contribution in [0, 0.1) is 0 Å². The average molecular weight is 290 g/mol. The lowest BCUT2D eigenvalue weighted by Crippen LogP contribution is -2.22. The minimum atomic E-state index is -2.89. The number of hydrogen-bond donors (Lipinski definition) is 1. The topological polar surface area (TPSA) is 46.2 Å². The van der Waals surface area contributed by atoms with Gasteiger partial charge in [-0.05, 0) is 31.0 Å². The lowest BCUT2D eigenvalue weighted by atomic mass is 10.0. The maximum Gasteiger partial charge on any atom is 0.147 e. The number of nitrogens with one attached hydrogen (secondary N) is 1. The van der Waals surface area contributed by atoms with Crippen molar-refractivity contribution in [3.63, 3.8) is 0 Å². The molecular formula is C13H20ClNO2S. The Bertz CT molecular complexity index is 474. The van der Waals surface area contributed by atoms with E-state index < -0.39 is 9.84 Å². The van der Waals surface area contributed by atoms with Gasteiger partial charge in [-0.2, -0.15) is 0 Å². The zero-order valence-corrected chi connectivity index (χ0v) is 12.4. The van der Waals surface area contributed by atoms with E-state index in [-0.39, 0.29) is 11.8 Å². The Morgan fingerprint density at radius 2 is 2.00 bits per heavy atom. The van der Waals surface area contributed by atoms with Gasteiger partial charge >= 0.3 is 0 Å². The van der Waals surface area contributed by atoms with Gasteiger partial charge in [0, 0.05) is 23.1 Å². The maximum absolute atomic E-state index is 11.1. The molecular weight excluding hydrogens is 270 g/mol. The molecule has 5 heteroatoms. The van der Waals surface area contributed by atoms with E-state index in [0.717, 1.165) is 23.6 Å². The average Bonchev–Trinajstić information content (AvgIpc) is 2.27. The molecule has 1 aromatic carbocycles. The number of benzene rings is 1. The minimum absolute atomic E-state index is 0.116. The van der Waals surface area contributed by atoms with Gasteiger partial charge in [0.15, 0.2) is 0 Å². The third-order valence-electron chi connectivity index (χ3n) is 2.74. The SMILES string of the molecule is CCNC(CCCS(C)(=O)=O)c1ccccc1Cl.